The van der Waals surface area contributed by atoms with Crippen LogP contribution in [-0.2, 0) is 24.3 Å². The Morgan fingerprint density at radius 2 is 2.21 bits per heavy atom. The van der Waals surface area contributed by atoms with Gasteiger partial charge in [0.15, 0.2) is 0 Å². The lowest BCUT2D eigenvalue weighted by atomic mass is 10.2. The highest BCUT2D eigenvalue weighted by Crippen LogP contribution is 2.16. The van der Waals surface area contributed by atoms with E-state index in [-0.39, 0.29) is 38.0 Å². The molecule has 0 amide bonds. The van der Waals surface area contributed by atoms with Gasteiger partial charge in [0.2, 0.25) is 10.0 Å². The van der Waals surface area contributed by atoms with Gasteiger partial charge in [-0.3, -0.25) is 4.79 Å². The maximum Gasteiger partial charge on any atom is 0.305 e. The highest BCUT2D eigenvalue weighted by molar-refractivity contribution is 7.89. The lowest BCUT2D eigenvalue weighted by Crippen LogP contribution is -2.50. The molecule has 1 aliphatic heterocycles. The normalized spacial score (nSPS) is 21.7. The van der Waals surface area contributed by atoms with Crippen molar-refractivity contribution in [2.45, 2.75) is 32.4 Å². The third-order valence-electron chi connectivity index (χ3n) is 2.73. The molecule has 1 heterocycles. The molecule has 8 heteroatoms. The standard InChI is InChI=1S/C11H21NO6S/c1-9(2)18-5-6-19(15,16)12-3-4-17-8-10(12)7-11(13)14/h9-10H,3-8H2,1-2H3,(H,13,14). The van der Waals surface area contributed by atoms with E-state index in [0.717, 1.165) is 0 Å². The second-order valence-corrected chi connectivity index (χ2v) is 6.71. The molecule has 0 spiro atoms. The van der Waals surface area contributed by atoms with Crippen LogP contribution in [0.4, 0.5) is 0 Å². The van der Waals surface area contributed by atoms with Gasteiger partial charge in [0.25, 0.3) is 0 Å². The van der Waals surface area contributed by atoms with Crippen molar-refractivity contribution in [3.8, 4) is 0 Å². The number of hydrogen-bond donors (Lipinski definition) is 1. The number of morpholine rings is 1. The molecule has 1 N–H and O–H groups in total. The van der Waals surface area contributed by atoms with Crippen molar-refractivity contribution in [2.24, 2.45) is 0 Å². The molecule has 19 heavy (non-hydrogen) atoms. The van der Waals surface area contributed by atoms with Gasteiger partial charge in [0.1, 0.15) is 0 Å². The Balaban J connectivity index is 2.64. The number of aliphatic carboxylic acids is 1. The first-order valence-corrected chi connectivity index (χ1v) is 7.84. The van der Waals surface area contributed by atoms with Crippen molar-refractivity contribution in [3.63, 3.8) is 0 Å². The highest BCUT2D eigenvalue weighted by atomic mass is 32.2. The topological polar surface area (TPSA) is 93.1 Å². The predicted octanol–water partition coefficient (Wildman–Crippen LogP) is -0.0833. The van der Waals surface area contributed by atoms with Gasteiger partial charge in [-0.15, -0.1) is 0 Å². The Morgan fingerprint density at radius 1 is 1.53 bits per heavy atom. The zero-order chi connectivity index (χ0) is 14.5. The number of ether oxygens (including phenoxy) is 2. The number of rotatable bonds is 7. The molecule has 0 bridgehead atoms. The fourth-order valence-corrected chi connectivity index (χ4v) is 3.36. The van der Waals surface area contributed by atoms with Crippen LogP contribution in [0.5, 0.6) is 0 Å². The summed E-state index contributed by atoms with van der Waals surface area (Å²) in [6.07, 6.45) is -0.278. The molecule has 1 saturated heterocycles. The highest BCUT2D eigenvalue weighted by Gasteiger charge is 2.33. The van der Waals surface area contributed by atoms with Crippen molar-refractivity contribution in [2.75, 3.05) is 32.1 Å². The van der Waals surface area contributed by atoms with Crippen LogP contribution in [0.15, 0.2) is 0 Å². The van der Waals surface area contributed by atoms with Gasteiger partial charge in [-0.25, -0.2) is 8.42 Å². The molecule has 0 aromatic carbocycles. The molecule has 0 aromatic rings. The minimum atomic E-state index is -3.51. The third kappa shape index (κ3) is 5.43. The minimum absolute atomic E-state index is 0.0327. The van der Waals surface area contributed by atoms with E-state index in [4.69, 9.17) is 14.6 Å². The van der Waals surface area contributed by atoms with Crippen LogP contribution in [0, 0.1) is 0 Å². The van der Waals surface area contributed by atoms with Crippen LogP contribution in [0.2, 0.25) is 0 Å². The number of carbonyl (C=O) groups is 1. The van der Waals surface area contributed by atoms with Gasteiger partial charge in [-0.05, 0) is 13.8 Å². The van der Waals surface area contributed by atoms with E-state index in [1.54, 1.807) is 0 Å². The van der Waals surface area contributed by atoms with E-state index in [1.807, 2.05) is 13.8 Å². The summed E-state index contributed by atoms with van der Waals surface area (Å²) in [5.41, 5.74) is 0. The van der Waals surface area contributed by atoms with Crippen LogP contribution in [-0.4, -0.2) is 68.1 Å². The quantitative estimate of drug-likeness (QED) is 0.706. The van der Waals surface area contributed by atoms with Crippen LogP contribution in [0.3, 0.4) is 0 Å². The van der Waals surface area contributed by atoms with Crippen molar-refractivity contribution in [1.82, 2.24) is 4.31 Å². The molecule has 1 aliphatic rings. The molecule has 1 unspecified atom stereocenters. The number of carboxylic acids is 1. The summed E-state index contributed by atoms with van der Waals surface area (Å²) in [6.45, 7) is 4.37. The molecule has 1 rings (SSSR count). The largest absolute Gasteiger partial charge is 0.481 e. The molecule has 112 valence electrons. The first-order valence-electron chi connectivity index (χ1n) is 6.23. The van der Waals surface area contributed by atoms with E-state index < -0.39 is 22.0 Å². The summed E-state index contributed by atoms with van der Waals surface area (Å²) >= 11 is 0. The van der Waals surface area contributed by atoms with Gasteiger partial charge in [-0.1, -0.05) is 0 Å². The van der Waals surface area contributed by atoms with Gasteiger partial charge >= 0.3 is 5.97 Å². The summed E-state index contributed by atoms with van der Waals surface area (Å²) in [6, 6.07) is -0.629. The lowest BCUT2D eigenvalue weighted by molar-refractivity contribution is -0.139. The number of carboxylic acid groups (broad SMARTS) is 1. The van der Waals surface area contributed by atoms with Gasteiger partial charge in [-0.2, -0.15) is 4.31 Å². The molecule has 0 saturated carbocycles. The molecule has 0 radical (unpaired) electrons. The molecule has 1 fully saturated rings. The fourth-order valence-electron chi connectivity index (χ4n) is 1.87. The summed E-state index contributed by atoms with van der Waals surface area (Å²) in [5.74, 6) is -1.17. The van der Waals surface area contributed by atoms with Crippen LogP contribution < -0.4 is 0 Å². The maximum absolute atomic E-state index is 12.2. The van der Waals surface area contributed by atoms with Crippen LogP contribution in [0.1, 0.15) is 20.3 Å². The average Bonchev–Trinajstić information content (AvgIpc) is 2.27. The van der Waals surface area contributed by atoms with E-state index in [1.165, 1.54) is 4.31 Å². The molecule has 0 aromatic heterocycles. The number of nitrogens with zero attached hydrogens (tertiary/aromatic N) is 1. The maximum atomic E-state index is 12.2. The minimum Gasteiger partial charge on any atom is -0.481 e. The first-order chi connectivity index (χ1) is 8.83. The van der Waals surface area contributed by atoms with E-state index >= 15 is 0 Å². The second-order valence-electron chi connectivity index (χ2n) is 4.67. The van der Waals surface area contributed by atoms with Gasteiger partial charge in [0.05, 0.1) is 44.1 Å². The zero-order valence-electron chi connectivity index (χ0n) is 11.2. The Morgan fingerprint density at radius 3 is 2.79 bits per heavy atom. The SMILES string of the molecule is CC(C)OCCS(=O)(=O)N1CCOCC1CC(=O)O. The average molecular weight is 295 g/mol. The smallest absolute Gasteiger partial charge is 0.305 e. The molecule has 1 atom stereocenters. The Labute approximate surface area is 113 Å². The summed E-state index contributed by atoms with van der Waals surface area (Å²) in [5, 5.41) is 8.80. The van der Waals surface area contributed by atoms with Crippen molar-refractivity contribution in [1.29, 1.82) is 0 Å². The predicted molar refractivity (Wildman–Crippen MR) is 68.4 cm³/mol. The molecular formula is C11H21NO6S. The van der Waals surface area contributed by atoms with E-state index in [2.05, 4.69) is 0 Å². The van der Waals surface area contributed by atoms with Gasteiger partial charge < -0.3 is 14.6 Å². The monoisotopic (exact) mass is 295 g/mol. The van der Waals surface area contributed by atoms with Crippen molar-refractivity contribution in [3.05, 3.63) is 0 Å². The number of hydrogen-bond acceptors (Lipinski definition) is 5. The van der Waals surface area contributed by atoms with Gasteiger partial charge in [0, 0.05) is 6.54 Å². The van der Waals surface area contributed by atoms with E-state index in [9.17, 15) is 13.2 Å². The number of sulfonamides is 1. The second kappa shape index (κ2) is 7.18. The van der Waals surface area contributed by atoms with Crippen molar-refractivity contribution < 1.29 is 27.8 Å². The Hall–Kier alpha value is -0.700. The van der Waals surface area contributed by atoms with E-state index in [0.29, 0.717) is 6.61 Å². The Kier molecular flexibility index (Phi) is 6.18. The summed E-state index contributed by atoms with van der Waals surface area (Å²) < 4.78 is 35.9. The molecular weight excluding hydrogens is 274 g/mol. The fraction of sp³-hybridized carbons (Fsp3) is 0.909. The Bertz CT molecular complexity index is 394. The van der Waals surface area contributed by atoms with Crippen LogP contribution in [0.25, 0.3) is 0 Å². The molecule has 0 aliphatic carbocycles. The lowest BCUT2D eigenvalue weighted by Gasteiger charge is -2.33. The van der Waals surface area contributed by atoms with Crippen LogP contribution >= 0.6 is 0 Å². The molecule has 7 nitrogen and oxygen atoms in total. The first kappa shape index (κ1) is 16.4. The summed E-state index contributed by atoms with van der Waals surface area (Å²) in [7, 11) is -3.51. The zero-order valence-corrected chi connectivity index (χ0v) is 12.1. The summed E-state index contributed by atoms with van der Waals surface area (Å²) in [4.78, 5) is 10.7. The van der Waals surface area contributed by atoms with Crippen molar-refractivity contribution >= 4 is 16.0 Å². The third-order valence-corrected chi connectivity index (χ3v) is 4.61.